The first kappa shape index (κ1) is 16.7. The van der Waals surface area contributed by atoms with Gasteiger partial charge in [-0.3, -0.25) is 4.90 Å². The molecule has 0 amide bonds. The molecule has 0 radical (unpaired) electrons. The minimum Gasteiger partial charge on any atom is -0.496 e. The van der Waals surface area contributed by atoms with Crippen molar-refractivity contribution < 1.29 is 23.0 Å². The van der Waals surface area contributed by atoms with Crippen LogP contribution < -0.4 is 10.5 Å². The fourth-order valence-electron chi connectivity index (χ4n) is 2.12. The Hall–Kier alpha value is -1.31. The summed E-state index contributed by atoms with van der Waals surface area (Å²) in [6.07, 6.45) is -4.36. The van der Waals surface area contributed by atoms with Gasteiger partial charge in [-0.05, 0) is 6.07 Å². The minimum absolute atomic E-state index is 0.00352. The number of alkyl halides is 3. The van der Waals surface area contributed by atoms with Crippen molar-refractivity contribution in [3.63, 3.8) is 0 Å². The Morgan fingerprint density at radius 1 is 1.35 bits per heavy atom. The number of hydrogen-bond donors (Lipinski definition) is 2. The highest BCUT2D eigenvalue weighted by atomic mass is 19.4. The molecule has 0 fully saturated rings. The van der Waals surface area contributed by atoms with E-state index in [0.717, 1.165) is 4.90 Å². The summed E-state index contributed by atoms with van der Waals surface area (Å²) in [5.74, 6) is 0.480. The zero-order valence-corrected chi connectivity index (χ0v) is 11.2. The summed E-state index contributed by atoms with van der Waals surface area (Å²) < 4.78 is 43.0. The number of nitrogens with zero attached hydrogens (tertiary/aromatic N) is 1. The molecule has 1 rings (SSSR count). The molecule has 1 aromatic carbocycles. The summed E-state index contributed by atoms with van der Waals surface area (Å²) in [5, 5.41) is 8.97. The van der Waals surface area contributed by atoms with E-state index in [0.29, 0.717) is 11.3 Å². The van der Waals surface area contributed by atoms with Crippen molar-refractivity contribution in [1.82, 2.24) is 4.90 Å². The molecule has 20 heavy (non-hydrogen) atoms. The van der Waals surface area contributed by atoms with Gasteiger partial charge in [-0.25, -0.2) is 0 Å². The lowest BCUT2D eigenvalue weighted by Gasteiger charge is -2.32. The predicted octanol–water partition coefficient (Wildman–Crippen LogP) is 1.55. The summed E-state index contributed by atoms with van der Waals surface area (Å²) in [4.78, 5) is 1.11. The van der Waals surface area contributed by atoms with Gasteiger partial charge in [-0.2, -0.15) is 13.2 Å². The monoisotopic (exact) mass is 292 g/mol. The Labute approximate surface area is 115 Å². The summed E-state index contributed by atoms with van der Waals surface area (Å²) in [7, 11) is 1.45. The van der Waals surface area contributed by atoms with Crippen molar-refractivity contribution >= 4 is 0 Å². The maximum atomic E-state index is 12.6. The molecule has 0 bridgehead atoms. The van der Waals surface area contributed by atoms with Crippen LogP contribution in [0.5, 0.6) is 5.75 Å². The van der Waals surface area contributed by atoms with E-state index in [9.17, 15) is 13.2 Å². The molecule has 3 N–H and O–H groups in total. The third-order valence-corrected chi connectivity index (χ3v) is 2.93. The molecule has 4 nitrogen and oxygen atoms in total. The Bertz CT molecular complexity index is 413. The van der Waals surface area contributed by atoms with Crippen LogP contribution in [0.2, 0.25) is 0 Å². The molecule has 114 valence electrons. The van der Waals surface area contributed by atoms with Gasteiger partial charge in [0.2, 0.25) is 0 Å². The van der Waals surface area contributed by atoms with E-state index in [1.165, 1.54) is 7.11 Å². The molecule has 1 unspecified atom stereocenters. The van der Waals surface area contributed by atoms with E-state index in [-0.39, 0.29) is 19.7 Å². The first-order valence-corrected chi connectivity index (χ1v) is 6.17. The zero-order valence-electron chi connectivity index (χ0n) is 11.2. The van der Waals surface area contributed by atoms with Crippen LogP contribution in [-0.4, -0.2) is 49.5 Å². The number of nitrogens with two attached hydrogens (primary N) is 1. The number of halogens is 3. The maximum absolute atomic E-state index is 12.6. The van der Waals surface area contributed by atoms with E-state index in [2.05, 4.69) is 0 Å². The van der Waals surface area contributed by atoms with Crippen molar-refractivity contribution in [3.05, 3.63) is 29.8 Å². The van der Waals surface area contributed by atoms with Gasteiger partial charge in [0, 0.05) is 18.7 Å². The smallest absolute Gasteiger partial charge is 0.401 e. The van der Waals surface area contributed by atoms with Crippen LogP contribution in [0.15, 0.2) is 24.3 Å². The first-order chi connectivity index (χ1) is 9.42. The van der Waals surface area contributed by atoms with E-state index in [4.69, 9.17) is 15.6 Å². The molecule has 0 spiro atoms. The topological polar surface area (TPSA) is 58.7 Å². The largest absolute Gasteiger partial charge is 0.496 e. The fourth-order valence-corrected chi connectivity index (χ4v) is 2.12. The van der Waals surface area contributed by atoms with Gasteiger partial charge in [0.15, 0.2) is 0 Å². The zero-order chi connectivity index (χ0) is 15.2. The number of aliphatic hydroxyl groups is 1. The second kappa shape index (κ2) is 7.47. The molecule has 0 aliphatic heterocycles. The molecule has 0 saturated carbocycles. The highest BCUT2D eigenvalue weighted by molar-refractivity contribution is 5.36. The van der Waals surface area contributed by atoms with Crippen LogP contribution in [0.3, 0.4) is 0 Å². The number of rotatable bonds is 7. The van der Waals surface area contributed by atoms with Gasteiger partial charge in [-0.1, -0.05) is 18.2 Å². The number of hydrogen-bond acceptors (Lipinski definition) is 4. The van der Waals surface area contributed by atoms with Crippen molar-refractivity contribution in [1.29, 1.82) is 0 Å². The van der Waals surface area contributed by atoms with Crippen LogP contribution in [0.4, 0.5) is 13.2 Å². The lowest BCUT2D eigenvalue weighted by atomic mass is 10.0. The normalized spacial score (nSPS) is 13.6. The minimum atomic E-state index is -4.36. The van der Waals surface area contributed by atoms with E-state index >= 15 is 0 Å². The number of para-hydroxylation sites is 1. The molecule has 7 heteroatoms. The Kier molecular flexibility index (Phi) is 6.25. The third-order valence-electron chi connectivity index (χ3n) is 2.93. The Balaban J connectivity index is 3.06. The summed E-state index contributed by atoms with van der Waals surface area (Å²) >= 11 is 0. The molecule has 0 aliphatic carbocycles. The second-order valence-corrected chi connectivity index (χ2v) is 4.30. The Morgan fingerprint density at radius 3 is 2.50 bits per heavy atom. The summed E-state index contributed by atoms with van der Waals surface area (Å²) in [6.45, 7) is -1.62. The van der Waals surface area contributed by atoms with Crippen LogP contribution >= 0.6 is 0 Å². The van der Waals surface area contributed by atoms with Crippen molar-refractivity contribution in [2.45, 2.75) is 12.2 Å². The standard InChI is InChI=1S/C13H19F3N2O2/c1-20-12-5-3-2-4-10(12)11(8-17)18(6-7-19)9-13(14,15)16/h2-5,11,19H,6-9,17H2,1H3. The van der Waals surface area contributed by atoms with Crippen molar-refractivity contribution in [2.24, 2.45) is 5.73 Å². The van der Waals surface area contributed by atoms with Crippen LogP contribution in [-0.2, 0) is 0 Å². The predicted molar refractivity (Wildman–Crippen MR) is 69.5 cm³/mol. The molecular formula is C13H19F3N2O2. The van der Waals surface area contributed by atoms with Crippen LogP contribution in [0.1, 0.15) is 11.6 Å². The van der Waals surface area contributed by atoms with Crippen LogP contribution in [0, 0.1) is 0 Å². The molecule has 0 aromatic heterocycles. The SMILES string of the molecule is COc1ccccc1C(CN)N(CCO)CC(F)(F)F. The molecule has 1 aromatic rings. The number of aliphatic hydroxyl groups excluding tert-OH is 1. The average molecular weight is 292 g/mol. The highest BCUT2D eigenvalue weighted by Gasteiger charge is 2.34. The number of methoxy groups -OCH3 is 1. The molecule has 1 atom stereocenters. The van der Waals surface area contributed by atoms with Crippen molar-refractivity contribution in [3.8, 4) is 5.75 Å². The van der Waals surface area contributed by atoms with Gasteiger partial charge in [-0.15, -0.1) is 0 Å². The second-order valence-electron chi connectivity index (χ2n) is 4.30. The molecule has 0 aliphatic rings. The number of ether oxygens (including phenoxy) is 1. The lowest BCUT2D eigenvalue weighted by molar-refractivity contribution is -0.151. The van der Waals surface area contributed by atoms with Gasteiger partial charge < -0.3 is 15.6 Å². The molecular weight excluding hydrogens is 273 g/mol. The van der Waals surface area contributed by atoms with Gasteiger partial charge in [0.25, 0.3) is 0 Å². The van der Waals surface area contributed by atoms with Gasteiger partial charge in [0.05, 0.1) is 26.3 Å². The van der Waals surface area contributed by atoms with E-state index < -0.39 is 18.8 Å². The van der Waals surface area contributed by atoms with Gasteiger partial charge >= 0.3 is 6.18 Å². The van der Waals surface area contributed by atoms with E-state index in [1.807, 2.05) is 0 Å². The number of benzene rings is 1. The summed E-state index contributed by atoms with van der Waals surface area (Å²) in [5.41, 5.74) is 6.21. The first-order valence-electron chi connectivity index (χ1n) is 6.17. The van der Waals surface area contributed by atoms with Crippen molar-refractivity contribution in [2.75, 3.05) is 33.4 Å². The third kappa shape index (κ3) is 4.66. The molecule has 0 heterocycles. The average Bonchev–Trinajstić information content (AvgIpc) is 2.38. The lowest BCUT2D eigenvalue weighted by Crippen LogP contribution is -2.41. The molecule has 0 saturated heterocycles. The van der Waals surface area contributed by atoms with E-state index in [1.54, 1.807) is 24.3 Å². The highest BCUT2D eigenvalue weighted by Crippen LogP contribution is 2.30. The Morgan fingerprint density at radius 2 is 2.00 bits per heavy atom. The quantitative estimate of drug-likeness (QED) is 0.800. The van der Waals surface area contributed by atoms with Crippen LogP contribution in [0.25, 0.3) is 0 Å². The summed E-state index contributed by atoms with van der Waals surface area (Å²) in [6, 6.07) is 6.13. The fraction of sp³-hybridized carbons (Fsp3) is 0.538. The maximum Gasteiger partial charge on any atom is 0.401 e. The van der Waals surface area contributed by atoms with Gasteiger partial charge in [0.1, 0.15) is 5.75 Å².